The van der Waals surface area contributed by atoms with E-state index in [-0.39, 0.29) is 5.78 Å². The van der Waals surface area contributed by atoms with Crippen LogP contribution in [-0.2, 0) is 6.42 Å². The van der Waals surface area contributed by atoms with Crippen molar-refractivity contribution in [2.75, 3.05) is 4.43 Å². The molecule has 1 nitrogen and oxygen atoms in total. The van der Waals surface area contributed by atoms with Crippen molar-refractivity contribution >= 4 is 40.0 Å². The van der Waals surface area contributed by atoms with Crippen LogP contribution in [-0.4, -0.2) is 10.2 Å². The lowest BCUT2D eigenvalue weighted by Crippen LogP contribution is -2.01. The normalized spacial score (nSPS) is 10.7. The quantitative estimate of drug-likeness (QED) is 0.188. The number of carbonyl (C=O) groups excluding carboxylic acids is 1. The van der Waals surface area contributed by atoms with Gasteiger partial charge in [-0.05, 0) is 53.5 Å². The lowest BCUT2D eigenvalue weighted by atomic mass is 10.00. The summed E-state index contributed by atoms with van der Waals surface area (Å²) < 4.78 is 1.26. The van der Waals surface area contributed by atoms with Crippen LogP contribution in [0.4, 0.5) is 0 Å². The molecule has 0 atom stereocenters. The standard InChI is InChI=1S/C20H22ClIO/c21-19-13-11-18(12-14-19)20(23)17-9-7-16(8-10-17)6-4-2-1-3-5-15-22/h7-14H,1-6,15H2. The van der Waals surface area contributed by atoms with Gasteiger partial charge in [0.15, 0.2) is 5.78 Å². The van der Waals surface area contributed by atoms with E-state index in [9.17, 15) is 4.79 Å². The van der Waals surface area contributed by atoms with E-state index in [0.717, 1.165) is 12.0 Å². The summed E-state index contributed by atoms with van der Waals surface area (Å²) in [5.41, 5.74) is 2.72. The molecule has 3 heteroatoms. The van der Waals surface area contributed by atoms with Crippen molar-refractivity contribution in [3.8, 4) is 0 Å². The van der Waals surface area contributed by atoms with Crippen molar-refractivity contribution in [1.29, 1.82) is 0 Å². The number of rotatable bonds is 9. The SMILES string of the molecule is O=C(c1ccc(Cl)cc1)c1ccc(CCCCCCCI)cc1. The number of halogens is 2. The molecule has 0 amide bonds. The molecule has 0 unspecified atom stereocenters. The Balaban J connectivity index is 1.84. The topological polar surface area (TPSA) is 17.1 Å². The lowest BCUT2D eigenvalue weighted by Gasteiger charge is -2.05. The van der Waals surface area contributed by atoms with Crippen LogP contribution in [0.25, 0.3) is 0 Å². The fourth-order valence-corrected chi connectivity index (χ4v) is 3.21. The largest absolute Gasteiger partial charge is 0.289 e. The van der Waals surface area contributed by atoms with Gasteiger partial charge in [0.2, 0.25) is 0 Å². The molecule has 122 valence electrons. The highest BCUT2D eigenvalue weighted by molar-refractivity contribution is 14.1. The van der Waals surface area contributed by atoms with Gasteiger partial charge in [0.25, 0.3) is 0 Å². The first kappa shape index (κ1) is 18.5. The van der Waals surface area contributed by atoms with E-state index in [0.29, 0.717) is 10.6 Å². The number of carbonyl (C=O) groups is 1. The second-order valence-corrected chi connectivity index (χ2v) is 7.25. The van der Waals surface area contributed by atoms with Crippen molar-refractivity contribution in [2.24, 2.45) is 0 Å². The highest BCUT2D eigenvalue weighted by atomic mass is 127. The Morgan fingerprint density at radius 2 is 1.30 bits per heavy atom. The van der Waals surface area contributed by atoms with Gasteiger partial charge in [-0.25, -0.2) is 0 Å². The summed E-state index contributed by atoms with van der Waals surface area (Å²) in [5, 5.41) is 0.649. The summed E-state index contributed by atoms with van der Waals surface area (Å²) >= 11 is 8.30. The number of hydrogen-bond acceptors (Lipinski definition) is 1. The van der Waals surface area contributed by atoms with E-state index in [1.807, 2.05) is 12.1 Å². The molecule has 0 radical (unpaired) electrons. The van der Waals surface area contributed by atoms with E-state index in [1.54, 1.807) is 24.3 Å². The second kappa shape index (κ2) is 10.1. The zero-order valence-corrected chi connectivity index (χ0v) is 16.1. The minimum absolute atomic E-state index is 0.0482. The van der Waals surface area contributed by atoms with E-state index in [4.69, 9.17) is 11.6 Å². The summed E-state index contributed by atoms with van der Waals surface area (Å²) in [4.78, 5) is 12.4. The molecule has 0 saturated heterocycles. The average molecular weight is 441 g/mol. The minimum Gasteiger partial charge on any atom is -0.289 e. The molecule has 2 rings (SSSR count). The van der Waals surface area contributed by atoms with E-state index >= 15 is 0 Å². The number of benzene rings is 2. The fraction of sp³-hybridized carbons (Fsp3) is 0.350. The summed E-state index contributed by atoms with van der Waals surface area (Å²) in [6.45, 7) is 0. The molecule has 0 aliphatic heterocycles. The fourth-order valence-electron chi connectivity index (χ4n) is 2.54. The van der Waals surface area contributed by atoms with Gasteiger partial charge in [-0.15, -0.1) is 0 Å². The van der Waals surface area contributed by atoms with Crippen molar-refractivity contribution in [2.45, 2.75) is 38.5 Å². The number of aryl methyl sites for hydroxylation is 1. The first-order valence-electron chi connectivity index (χ1n) is 8.16. The molecule has 2 aromatic carbocycles. The Morgan fingerprint density at radius 3 is 1.91 bits per heavy atom. The molecule has 0 aromatic heterocycles. The summed E-state index contributed by atoms with van der Waals surface area (Å²) in [6, 6.07) is 15.1. The van der Waals surface area contributed by atoms with Crippen molar-refractivity contribution in [3.05, 3.63) is 70.2 Å². The maximum absolute atomic E-state index is 12.4. The van der Waals surface area contributed by atoms with Gasteiger partial charge in [-0.1, -0.05) is 77.7 Å². The second-order valence-electron chi connectivity index (χ2n) is 5.74. The number of ketones is 1. The molecular formula is C20H22ClIO. The third-order valence-corrected chi connectivity index (χ3v) is 4.94. The smallest absolute Gasteiger partial charge is 0.193 e. The molecule has 0 N–H and O–H groups in total. The molecule has 0 spiro atoms. The first-order valence-corrected chi connectivity index (χ1v) is 10.1. The lowest BCUT2D eigenvalue weighted by molar-refractivity contribution is 0.103. The predicted octanol–water partition coefficient (Wildman–Crippen LogP) is 6.50. The predicted molar refractivity (Wildman–Crippen MR) is 107 cm³/mol. The highest BCUT2D eigenvalue weighted by Crippen LogP contribution is 2.16. The van der Waals surface area contributed by atoms with Crippen LogP contribution in [0, 0.1) is 0 Å². The Labute approximate surface area is 157 Å². The van der Waals surface area contributed by atoms with E-state index < -0.39 is 0 Å². The van der Waals surface area contributed by atoms with Crippen molar-refractivity contribution in [1.82, 2.24) is 0 Å². The highest BCUT2D eigenvalue weighted by Gasteiger charge is 2.08. The summed E-state index contributed by atoms with van der Waals surface area (Å²) in [6.07, 6.45) is 7.63. The Morgan fingerprint density at radius 1 is 0.783 bits per heavy atom. The molecule has 23 heavy (non-hydrogen) atoms. The molecule has 0 heterocycles. The first-order chi connectivity index (χ1) is 11.2. The number of unbranched alkanes of at least 4 members (excludes halogenated alkanes) is 4. The third kappa shape index (κ3) is 6.27. The average Bonchev–Trinajstić information content (AvgIpc) is 2.58. The molecule has 2 aromatic rings. The Bertz CT molecular complexity index is 605. The zero-order chi connectivity index (χ0) is 16.5. The van der Waals surface area contributed by atoms with Crippen LogP contribution in [0.5, 0.6) is 0 Å². The number of alkyl halides is 1. The van der Waals surface area contributed by atoms with Gasteiger partial charge < -0.3 is 0 Å². The molecule has 0 aliphatic carbocycles. The molecule has 0 fully saturated rings. The van der Waals surface area contributed by atoms with Crippen molar-refractivity contribution in [3.63, 3.8) is 0 Å². The minimum atomic E-state index is 0.0482. The van der Waals surface area contributed by atoms with Gasteiger partial charge in [0, 0.05) is 16.1 Å². The third-order valence-electron chi connectivity index (χ3n) is 3.92. The zero-order valence-electron chi connectivity index (χ0n) is 13.2. The summed E-state index contributed by atoms with van der Waals surface area (Å²) in [5.74, 6) is 0.0482. The van der Waals surface area contributed by atoms with Crippen LogP contribution in [0.3, 0.4) is 0 Å². The van der Waals surface area contributed by atoms with Gasteiger partial charge in [0.05, 0.1) is 0 Å². The van der Waals surface area contributed by atoms with Gasteiger partial charge >= 0.3 is 0 Å². The van der Waals surface area contributed by atoms with Crippen LogP contribution in [0.2, 0.25) is 5.02 Å². The number of hydrogen-bond donors (Lipinski definition) is 0. The van der Waals surface area contributed by atoms with E-state index in [1.165, 1.54) is 42.1 Å². The van der Waals surface area contributed by atoms with Crippen LogP contribution < -0.4 is 0 Å². The van der Waals surface area contributed by atoms with Crippen LogP contribution >= 0.6 is 34.2 Å². The van der Waals surface area contributed by atoms with Crippen LogP contribution in [0.1, 0.15) is 53.6 Å². The monoisotopic (exact) mass is 440 g/mol. The Kier molecular flexibility index (Phi) is 8.10. The van der Waals surface area contributed by atoms with Gasteiger partial charge in [-0.2, -0.15) is 0 Å². The van der Waals surface area contributed by atoms with Crippen LogP contribution in [0.15, 0.2) is 48.5 Å². The maximum atomic E-state index is 12.4. The van der Waals surface area contributed by atoms with Crippen molar-refractivity contribution < 1.29 is 4.79 Å². The van der Waals surface area contributed by atoms with Gasteiger partial charge in [0.1, 0.15) is 0 Å². The molecular weight excluding hydrogens is 419 g/mol. The molecule has 0 saturated carbocycles. The maximum Gasteiger partial charge on any atom is 0.193 e. The van der Waals surface area contributed by atoms with Gasteiger partial charge in [-0.3, -0.25) is 4.79 Å². The van der Waals surface area contributed by atoms with E-state index in [2.05, 4.69) is 34.7 Å². The Hall–Kier alpha value is -0.870. The molecule has 0 bridgehead atoms. The summed E-state index contributed by atoms with van der Waals surface area (Å²) in [7, 11) is 0. The molecule has 0 aliphatic rings.